The second kappa shape index (κ2) is 7.17. The van der Waals surface area contributed by atoms with Crippen molar-refractivity contribution in [3.05, 3.63) is 71.5 Å². The van der Waals surface area contributed by atoms with E-state index in [4.69, 9.17) is 5.73 Å². The quantitative estimate of drug-likeness (QED) is 0.876. The molecule has 0 amide bonds. The fraction of sp³-hybridized carbons (Fsp3) is 0.294. The zero-order valence-corrected chi connectivity index (χ0v) is 11.8. The first-order valence-corrected chi connectivity index (χ1v) is 6.87. The van der Waals surface area contributed by atoms with E-state index in [9.17, 15) is 4.39 Å². The van der Waals surface area contributed by atoms with Gasteiger partial charge < -0.3 is 5.73 Å². The lowest BCUT2D eigenvalue weighted by molar-refractivity contribution is 0.237. The molecule has 0 fully saturated rings. The van der Waals surface area contributed by atoms with E-state index < -0.39 is 0 Å². The second-order valence-corrected chi connectivity index (χ2v) is 5.12. The van der Waals surface area contributed by atoms with E-state index in [2.05, 4.69) is 24.1 Å². The van der Waals surface area contributed by atoms with Crippen LogP contribution in [-0.4, -0.2) is 24.5 Å². The summed E-state index contributed by atoms with van der Waals surface area (Å²) in [4.78, 5) is 2.22. The molecule has 0 saturated carbocycles. The molecular weight excluding hydrogens is 251 g/mol. The van der Waals surface area contributed by atoms with Crippen molar-refractivity contribution in [2.75, 3.05) is 13.6 Å². The lowest BCUT2D eigenvalue weighted by atomic mass is 10.0. The number of rotatable bonds is 6. The van der Waals surface area contributed by atoms with Crippen molar-refractivity contribution in [3.8, 4) is 0 Å². The number of halogens is 1. The van der Waals surface area contributed by atoms with Crippen molar-refractivity contribution in [3.63, 3.8) is 0 Å². The van der Waals surface area contributed by atoms with Gasteiger partial charge in [-0.15, -0.1) is 0 Å². The van der Waals surface area contributed by atoms with E-state index in [0.29, 0.717) is 6.54 Å². The molecule has 0 radical (unpaired) electrons. The van der Waals surface area contributed by atoms with Crippen molar-refractivity contribution in [2.24, 2.45) is 5.73 Å². The van der Waals surface area contributed by atoms with Crippen molar-refractivity contribution < 1.29 is 4.39 Å². The van der Waals surface area contributed by atoms with Crippen LogP contribution in [0.4, 0.5) is 4.39 Å². The first-order valence-electron chi connectivity index (χ1n) is 6.87. The number of hydrogen-bond donors (Lipinski definition) is 1. The zero-order valence-electron chi connectivity index (χ0n) is 11.8. The third-order valence-electron chi connectivity index (χ3n) is 3.55. The Hall–Kier alpha value is -1.71. The van der Waals surface area contributed by atoms with Crippen molar-refractivity contribution in [2.45, 2.75) is 19.0 Å². The van der Waals surface area contributed by atoms with Gasteiger partial charge in [0.25, 0.3) is 0 Å². The molecule has 0 aliphatic heterocycles. The topological polar surface area (TPSA) is 29.3 Å². The van der Waals surface area contributed by atoms with Crippen LogP contribution in [-0.2, 0) is 13.0 Å². The Bertz CT molecular complexity index is 510. The summed E-state index contributed by atoms with van der Waals surface area (Å²) in [5, 5.41) is 0. The Kier molecular flexibility index (Phi) is 5.27. The van der Waals surface area contributed by atoms with Gasteiger partial charge in [-0.1, -0.05) is 42.5 Å². The SMILES string of the molecule is CN(Cc1ccc(F)cc1)C(CN)Cc1ccccc1. The van der Waals surface area contributed by atoms with Crippen LogP contribution in [0.2, 0.25) is 0 Å². The number of likely N-dealkylation sites (N-methyl/N-ethyl adjacent to an activating group) is 1. The fourth-order valence-electron chi connectivity index (χ4n) is 2.31. The summed E-state index contributed by atoms with van der Waals surface area (Å²) in [7, 11) is 2.06. The summed E-state index contributed by atoms with van der Waals surface area (Å²) >= 11 is 0. The molecule has 1 atom stereocenters. The van der Waals surface area contributed by atoms with Gasteiger partial charge in [0.2, 0.25) is 0 Å². The van der Waals surface area contributed by atoms with Crippen LogP contribution in [0.1, 0.15) is 11.1 Å². The minimum Gasteiger partial charge on any atom is -0.329 e. The van der Waals surface area contributed by atoms with E-state index in [1.807, 2.05) is 30.3 Å². The van der Waals surface area contributed by atoms with Crippen LogP contribution in [0.3, 0.4) is 0 Å². The predicted octanol–water partition coefficient (Wildman–Crippen LogP) is 2.83. The minimum absolute atomic E-state index is 0.198. The van der Waals surface area contributed by atoms with E-state index in [-0.39, 0.29) is 11.9 Å². The molecule has 0 saturated heterocycles. The summed E-state index contributed by atoms with van der Waals surface area (Å²) in [5.41, 5.74) is 8.28. The monoisotopic (exact) mass is 272 g/mol. The van der Waals surface area contributed by atoms with Crippen LogP contribution in [0.25, 0.3) is 0 Å². The maximum Gasteiger partial charge on any atom is 0.123 e. The van der Waals surface area contributed by atoms with Crippen LogP contribution in [0, 0.1) is 5.82 Å². The second-order valence-electron chi connectivity index (χ2n) is 5.12. The number of nitrogens with zero attached hydrogens (tertiary/aromatic N) is 1. The van der Waals surface area contributed by atoms with Gasteiger partial charge in [-0.05, 0) is 36.7 Å². The molecule has 2 N–H and O–H groups in total. The van der Waals surface area contributed by atoms with Crippen molar-refractivity contribution in [1.29, 1.82) is 0 Å². The van der Waals surface area contributed by atoms with Gasteiger partial charge in [-0.25, -0.2) is 4.39 Å². The van der Waals surface area contributed by atoms with Crippen LogP contribution in [0.15, 0.2) is 54.6 Å². The Morgan fingerprint density at radius 2 is 1.65 bits per heavy atom. The molecule has 2 nitrogen and oxygen atoms in total. The van der Waals surface area contributed by atoms with Gasteiger partial charge in [-0.3, -0.25) is 4.90 Å². The minimum atomic E-state index is -0.198. The molecule has 0 bridgehead atoms. The third kappa shape index (κ3) is 4.15. The maximum atomic E-state index is 12.9. The Morgan fingerprint density at radius 1 is 1.00 bits per heavy atom. The highest BCUT2D eigenvalue weighted by atomic mass is 19.1. The Labute approximate surface area is 120 Å². The molecule has 0 heterocycles. The van der Waals surface area contributed by atoms with Gasteiger partial charge in [0, 0.05) is 19.1 Å². The van der Waals surface area contributed by atoms with E-state index in [1.165, 1.54) is 17.7 Å². The average Bonchev–Trinajstić information content (AvgIpc) is 2.48. The molecule has 3 heteroatoms. The lowest BCUT2D eigenvalue weighted by Gasteiger charge is -2.27. The van der Waals surface area contributed by atoms with Gasteiger partial charge in [0.1, 0.15) is 5.82 Å². The molecule has 0 aliphatic carbocycles. The predicted molar refractivity (Wildman–Crippen MR) is 80.9 cm³/mol. The third-order valence-corrected chi connectivity index (χ3v) is 3.55. The lowest BCUT2D eigenvalue weighted by Crippen LogP contribution is -2.39. The molecule has 20 heavy (non-hydrogen) atoms. The number of nitrogens with two attached hydrogens (primary N) is 1. The Morgan fingerprint density at radius 3 is 2.25 bits per heavy atom. The van der Waals surface area contributed by atoms with Gasteiger partial charge in [0.15, 0.2) is 0 Å². The molecule has 106 valence electrons. The van der Waals surface area contributed by atoms with E-state index in [1.54, 1.807) is 0 Å². The highest BCUT2D eigenvalue weighted by molar-refractivity contribution is 5.18. The maximum absolute atomic E-state index is 12.9. The van der Waals surface area contributed by atoms with Crippen molar-refractivity contribution >= 4 is 0 Å². The Balaban J connectivity index is 1.98. The smallest absolute Gasteiger partial charge is 0.123 e. The fourth-order valence-corrected chi connectivity index (χ4v) is 2.31. The van der Waals surface area contributed by atoms with E-state index >= 15 is 0 Å². The molecule has 2 aromatic carbocycles. The first-order chi connectivity index (χ1) is 9.69. The zero-order chi connectivity index (χ0) is 14.4. The summed E-state index contributed by atoms with van der Waals surface area (Å²) < 4.78 is 12.9. The summed E-state index contributed by atoms with van der Waals surface area (Å²) in [6, 6.07) is 17.3. The van der Waals surface area contributed by atoms with Crippen LogP contribution < -0.4 is 5.73 Å². The van der Waals surface area contributed by atoms with Crippen LogP contribution >= 0.6 is 0 Å². The van der Waals surface area contributed by atoms with E-state index in [0.717, 1.165) is 18.5 Å². The van der Waals surface area contributed by atoms with Gasteiger partial charge in [0.05, 0.1) is 0 Å². The average molecular weight is 272 g/mol. The van der Waals surface area contributed by atoms with Gasteiger partial charge >= 0.3 is 0 Å². The standard InChI is InChI=1S/C17H21FN2/c1-20(13-15-7-9-16(18)10-8-15)17(12-19)11-14-5-3-2-4-6-14/h2-10,17H,11-13,19H2,1H3. The molecule has 2 aromatic rings. The summed E-state index contributed by atoms with van der Waals surface area (Å²) in [5.74, 6) is -0.198. The largest absolute Gasteiger partial charge is 0.329 e. The molecule has 2 rings (SSSR count). The molecule has 0 aliphatic rings. The first kappa shape index (κ1) is 14.7. The highest BCUT2D eigenvalue weighted by Crippen LogP contribution is 2.11. The molecule has 1 unspecified atom stereocenters. The number of hydrogen-bond acceptors (Lipinski definition) is 2. The molecule has 0 aromatic heterocycles. The molecule has 0 spiro atoms. The highest BCUT2D eigenvalue weighted by Gasteiger charge is 2.14. The summed E-state index contributed by atoms with van der Waals surface area (Å²) in [6.07, 6.45) is 0.926. The summed E-state index contributed by atoms with van der Waals surface area (Å²) in [6.45, 7) is 1.38. The number of benzene rings is 2. The van der Waals surface area contributed by atoms with Gasteiger partial charge in [-0.2, -0.15) is 0 Å². The van der Waals surface area contributed by atoms with Crippen LogP contribution in [0.5, 0.6) is 0 Å². The van der Waals surface area contributed by atoms with Crippen molar-refractivity contribution in [1.82, 2.24) is 4.90 Å². The normalized spacial score (nSPS) is 12.6. The molecular formula is C17H21FN2.